The Hall–Kier alpha value is -3.01. The van der Waals surface area contributed by atoms with Crippen LogP contribution >= 0.6 is 11.5 Å². The van der Waals surface area contributed by atoms with Gasteiger partial charge in [0.15, 0.2) is 5.82 Å². The molecule has 0 atom stereocenters. The second-order valence-electron chi connectivity index (χ2n) is 8.03. The summed E-state index contributed by atoms with van der Waals surface area (Å²) in [5.41, 5.74) is 3.37. The molecule has 1 aliphatic heterocycles. The van der Waals surface area contributed by atoms with Crippen LogP contribution in [0.5, 0.6) is 0 Å². The highest BCUT2D eigenvalue weighted by atomic mass is 32.1. The van der Waals surface area contributed by atoms with Crippen molar-refractivity contribution in [2.24, 2.45) is 0 Å². The highest BCUT2D eigenvalue weighted by Crippen LogP contribution is 2.32. The van der Waals surface area contributed by atoms with E-state index in [0.29, 0.717) is 28.3 Å². The lowest BCUT2D eigenvalue weighted by Gasteiger charge is -2.23. The Labute approximate surface area is 189 Å². The molecule has 0 fully saturated rings. The first-order chi connectivity index (χ1) is 15.2. The lowest BCUT2D eigenvalue weighted by atomic mass is 10.1. The molecule has 4 rings (SSSR count). The molecule has 32 heavy (non-hydrogen) atoms. The molecule has 0 bridgehead atoms. The molecule has 0 spiro atoms. The fourth-order valence-corrected chi connectivity index (χ4v) is 4.40. The standard InChI is InChI=1S/C22H24F2N6OS/c1-12(2)30-6-5-14-7-18(26-11-19(14)30)22-27-20(32-28-22)9-17-16(21(23)24)8-15(10-25-17)29(4)13(3)31/h7-8,10-12,21H,5-6,9H2,1-4H3. The number of alkyl halides is 2. The van der Waals surface area contributed by atoms with E-state index >= 15 is 0 Å². The van der Waals surface area contributed by atoms with Crippen molar-refractivity contribution < 1.29 is 13.6 Å². The van der Waals surface area contributed by atoms with Crippen molar-refractivity contribution in [3.8, 4) is 11.5 Å². The number of rotatable bonds is 6. The van der Waals surface area contributed by atoms with Gasteiger partial charge in [0.2, 0.25) is 5.91 Å². The Morgan fingerprint density at radius 3 is 2.72 bits per heavy atom. The predicted molar refractivity (Wildman–Crippen MR) is 120 cm³/mol. The number of pyridine rings is 2. The first-order valence-corrected chi connectivity index (χ1v) is 11.1. The molecule has 0 aliphatic carbocycles. The van der Waals surface area contributed by atoms with Crippen LogP contribution < -0.4 is 9.80 Å². The number of aromatic nitrogens is 4. The van der Waals surface area contributed by atoms with Crippen molar-refractivity contribution in [3.63, 3.8) is 0 Å². The average molecular weight is 459 g/mol. The fraction of sp³-hybridized carbons (Fsp3) is 0.409. The van der Waals surface area contributed by atoms with Crippen LogP contribution in [-0.2, 0) is 17.6 Å². The first-order valence-electron chi connectivity index (χ1n) is 10.3. The molecule has 10 heteroatoms. The molecule has 7 nitrogen and oxygen atoms in total. The van der Waals surface area contributed by atoms with E-state index in [4.69, 9.17) is 0 Å². The lowest BCUT2D eigenvalue weighted by molar-refractivity contribution is -0.116. The molecule has 0 aromatic carbocycles. The highest BCUT2D eigenvalue weighted by molar-refractivity contribution is 7.05. The molecule has 0 unspecified atom stereocenters. The predicted octanol–water partition coefficient (Wildman–Crippen LogP) is 4.28. The molecule has 3 aromatic heterocycles. The molecular formula is C22H24F2N6OS. The summed E-state index contributed by atoms with van der Waals surface area (Å²) in [6.45, 7) is 6.64. The van der Waals surface area contributed by atoms with Crippen LogP contribution in [0.2, 0.25) is 0 Å². The molecule has 3 aromatic rings. The van der Waals surface area contributed by atoms with Crippen molar-refractivity contribution in [2.45, 2.75) is 46.1 Å². The van der Waals surface area contributed by atoms with E-state index in [0.717, 1.165) is 30.2 Å². The zero-order valence-electron chi connectivity index (χ0n) is 18.3. The number of hydrogen-bond acceptors (Lipinski definition) is 7. The van der Waals surface area contributed by atoms with Crippen molar-refractivity contribution in [1.82, 2.24) is 19.3 Å². The van der Waals surface area contributed by atoms with Gasteiger partial charge in [-0.25, -0.2) is 13.8 Å². The van der Waals surface area contributed by atoms with Gasteiger partial charge in [-0.15, -0.1) is 0 Å². The van der Waals surface area contributed by atoms with Gasteiger partial charge in [0.05, 0.1) is 29.5 Å². The molecule has 4 heterocycles. The topological polar surface area (TPSA) is 75.1 Å². The zero-order valence-corrected chi connectivity index (χ0v) is 19.2. The third kappa shape index (κ3) is 4.32. The molecule has 0 saturated heterocycles. The van der Waals surface area contributed by atoms with Crippen LogP contribution in [0.3, 0.4) is 0 Å². The molecule has 168 valence electrons. The quantitative estimate of drug-likeness (QED) is 0.549. The van der Waals surface area contributed by atoms with Crippen LogP contribution in [0.15, 0.2) is 24.5 Å². The van der Waals surface area contributed by atoms with Crippen LogP contribution in [-0.4, -0.2) is 44.9 Å². The van der Waals surface area contributed by atoms with E-state index in [2.05, 4.69) is 38.1 Å². The maximum absolute atomic E-state index is 13.7. The monoisotopic (exact) mass is 458 g/mol. The number of nitrogens with zero attached hydrogens (tertiary/aromatic N) is 6. The number of hydrogen-bond donors (Lipinski definition) is 0. The van der Waals surface area contributed by atoms with Gasteiger partial charge >= 0.3 is 0 Å². The van der Waals surface area contributed by atoms with Gasteiger partial charge in [-0.1, -0.05) is 0 Å². The number of fused-ring (bicyclic) bond motifs is 1. The van der Waals surface area contributed by atoms with Crippen LogP contribution in [0.1, 0.15) is 49.0 Å². The third-order valence-corrected chi connectivity index (χ3v) is 6.33. The second kappa shape index (κ2) is 8.85. The van der Waals surface area contributed by atoms with E-state index in [1.807, 2.05) is 12.3 Å². The van der Waals surface area contributed by atoms with Gasteiger partial charge in [-0.3, -0.25) is 14.8 Å². The van der Waals surface area contributed by atoms with Gasteiger partial charge in [0.1, 0.15) is 10.7 Å². The summed E-state index contributed by atoms with van der Waals surface area (Å²) in [4.78, 5) is 28.4. The highest BCUT2D eigenvalue weighted by Gasteiger charge is 2.23. The molecular weight excluding hydrogens is 434 g/mol. The summed E-state index contributed by atoms with van der Waals surface area (Å²) in [5.74, 6) is 0.231. The van der Waals surface area contributed by atoms with E-state index < -0.39 is 6.43 Å². The van der Waals surface area contributed by atoms with E-state index in [1.165, 1.54) is 36.7 Å². The second-order valence-corrected chi connectivity index (χ2v) is 8.87. The SMILES string of the molecule is CC(=O)N(C)c1cnc(Cc2nc(-c3cc4c(cn3)N(C(C)C)CC4)ns2)c(C(F)F)c1. The summed E-state index contributed by atoms with van der Waals surface area (Å²) >= 11 is 1.15. The number of amides is 1. The van der Waals surface area contributed by atoms with Gasteiger partial charge in [-0.05, 0) is 49.5 Å². The summed E-state index contributed by atoms with van der Waals surface area (Å²) in [6.07, 6.45) is 1.65. The number of carbonyl (C=O) groups excluding carboxylic acids is 1. The average Bonchev–Trinajstić information content (AvgIpc) is 3.39. The van der Waals surface area contributed by atoms with Gasteiger partial charge in [0.25, 0.3) is 6.43 Å². The summed E-state index contributed by atoms with van der Waals surface area (Å²) in [6, 6.07) is 3.73. The smallest absolute Gasteiger partial charge is 0.265 e. The Bertz CT molecular complexity index is 1150. The van der Waals surface area contributed by atoms with Crippen molar-refractivity contribution in [2.75, 3.05) is 23.4 Å². The third-order valence-electron chi connectivity index (χ3n) is 5.62. The Balaban J connectivity index is 1.57. The van der Waals surface area contributed by atoms with Gasteiger partial charge < -0.3 is 9.80 Å². The first kappa shape index (κ1) is 22.2. The van der Waals surface area contributed by atoms with Crippen LogP contribution in [0.4, 0.5) is 20.2 Å². The number of anilines is 2. The van der Waals surface area contributed by atoms with Crippen molar-refractivity contribution >= 4 is 28.8 Å². The van der Waals surface area contributed by atoms with E-state index in [9.17, 15) is 13.6 Å². The molecule has 1 amide bonds. The Kier molecular flexibility index (Phi) is 6.14. The number of carbonyl (C=O) groups is 1. The van der Waals surface area contributed by atoms with Crippen LogP contribution in [0, 0.1) is 0 Å². The Morgan fingerprint density at radius 1 is 1.25 bits per heavy atom. The normalized spacial score (nSPS) is 13.2. The maximum Gasteiger partial charge on any atom is 0.265 e. The van der Waals surface area contributed by atoms with Gasteiger partial charge in [-0.2, -0.15) is 4.37 Å². The summed E-state index contributed by atoms with van der Waals surface area (Å²) < 4.78 is 31.7. The van der Waals surface area contributed by atoms with E-state index in [1.54, 1.807) is 0 Å². The minimum atomic E-state index is -2.72. The Morgan fingerprint density at radius 2 is 2.03 bits per heavy atom. The lowest BCUT2D eigenvalue weighted by Crippen LogP contribution is -2.28. The molecule has 0 N–H and O–H groups in total. The minimum absolute atomic E-state index is 0.132. The number of halogens is 2. The minimum Gasteiger partial charge on any atom is -0.367 e. The van der Waals surface area contributed by atoms with Gasteiger partial charge in [0, 0.05) is 38.5 Å². The largest absolute Gasteiger partial charge is 0.367 e. The van der Waals surface area contributed by atoms with Crippen molar-refractivity contribution in [3.05, 3.63) is 46.4 Å². The molecule has 0 radical (unpaired) electrons. The molecule has 1 aliphatic rings. The van der Waals surface area contributed by atoms with E-state index in [-0.39, 0.29) is 23.6 Å². The summed E-state index contributed by atoms with van der Waals surface area (Å²) in [7, 11) is 1.52. The van der Waals surface area contributed by atoms with Crippen molar-refractivity contribution in [1.29, 1.82) is 0 Å². The fourth-order valence-electron chi connectivity index (χ4n) is 3.74. The molecule has 0 saturated carbocycles. The van der Waals surface area contributed by atoms with Crippen LogP contribution in [0.25, 0.3) is 11.5 Å². The zero-order chi connectivity index (χ0) is 23.0. The summed E-state index contributed by atoms with van der Waals surface area (Å²) in [5, 5.41) is 0.577. The maximum atomic E-state index is 13.7.